The van der Waals surface area contributed by atoms with E-state index in [1.54, 1.807) is 38.6 Å². The molecule has 1 amide bonds. The third-order valence-electron chi connectivity index (χ3n) is 3.36. The van der Waals surface area contributed by atoms with Crippen LogP contribution < -0.4 is 5.32 Å². The number of hydrogen-bond donors (Lipinski definition) is 1. The number of alkyl carbamates (subject to hydrolysis) is 1. The second-order valence-corrected chi connectivity index (χ2v) is 6.77. The molecule has 7 heteroatoms. The van der Waals surface area contributed by atoms with Crippen LogP contribution in [0.1, 0.15) is 27.7 Å². The molecule has 0 bridgehead atoms. The van der Waals surface area contributed by atoms with Gasteiger partial charge < -0.3 is 19.4 Å². The van der Waals surface area contributed by atoms with Crippen LogP contribution in [0.25, 0.3) is 11.3 Å². The Morgan fingerprint density at radius 3 is 2.54 bits per heavy atom. The second-order valence-electron chi connectivity index (χ2n) is 6.77. The van der Waals surface area contributed by atoms with Gasteiger partial charge in [-0.3, -0.25) is 0 Å². The van der Waals surface area contributed by atoms with Gasteiger partial charge in [-0.05, 0) is 27.7 Å². The number of nitrogens with zero attached hydrogens (tertiary/aromatic N) is 2. The Bertz CT molecular complexity index is 735. The zero-order valence-corrected chi connectivity index (χ0v) is 15.6. The molecule has 0 unspecified atom stereocenters. The SMILES string of the molecule is CCOC(=O)[C@H](Cn1cnc(-c2ccccc2)c1)NC(=O)OC(C)(C)C. The molecule has 0 radical (unpaired) electrons. The minimum absolute atomic E-state index is 0.192. The molecule has 0 spiro atoms. The summed E-state index contributed by atoms with van der Waals surface area (Å²) in [4.78, 5) is 28.6. The van der Waals surface area contributed by atoms with Gasteiger partial charge in [-0.2, -0.15) is 0 Å². The van der Waals surface area contributed by atoms with Gasteiger partial charge in [0, 0.05) is 11.8 Å². The van der Waals surface area contributed by atoms with E-state index in [4.69, 9.17) is 9.47 Å². The molecule has 2 rings (SSSR count). The van der Waals surface area contributed by atoms with Crippen molar-refractivity contribution in [2.75, 3.05) is 6.61 Å². The standard InChI is InChI=1S/C19H25N3O4/c1-5-25-17(23)16(21-18(24)26-19(2,3)4)12-22-11-15(20-13-22)14-9-7-6-8-10-14/h6-11,13,16H,5,12H2,1-4H3,(H,21,24)/t16-/m0/s1. The third kappa shape index (κ3) is 5.91. The van der Waals surface area contributed by atoms with Gasteiger partial charge in [0.1, 0.15) is 11.6 Å². The molecule has 0 saturated carbocycles. The number of carbonyl (C=O) groups excluding carboxylic acids is 2. The normalized spacial score (nSPS) is 12.3. The summed E-state index contributed by atoms with van der Waals surface area (Å²) < 4.78 is 12.0. The van der Waals surface area contributed by atoms with Crippen molar-refractivity contribution in [2.24, 2.45) is 0 Å². The Kier molecular flexibility index (Phi) is 6.38. The van der Waals surface area contributed by atoms with Crippen molar-refractivity contribution in [3.8, 4) is 11.3 Å². The zero-order valence-electron chi connectivity index (χ0n) is 15.6. The number of benzene rings is 1. The first kappa shape index (κ1) is 19.5. The maximum Gasteiger partial charge on any atom is 0.408 e. The van der Waals surface area contributed by atoms with E-state index >= 15 is 0 Å². The number of aromatic nitrogens is 2. The number of ether oxygens (including phenoxy) is 2. The lowest BCUT2D eigenvalue weighted by molar-refractivity contribution is -0.146. The van der Waals surface area contributed by atoms with Crippen molar-refractivity contribution in [2.45, 2.75) is 45.9 Å². The summed E-state index contributed by atoms with van der Waals surface area (Å²) in [6, 6.07) is 8.83. The lowest BCUT2D eigenvalue weighted by Gasteiger charge is -2.23. The Balaban J connectivity index is 2.10. The lowest BCUT2D eigenvalue weighted by Crippen LogP contribution is -2.46. The molecule has 1 aromatic heterocycles. The van der Waals surface area contributed by atoms with Gasteiger partial charge >= 0.3 is 12.1 Å². The van der Waals surface area contributed by atoms with Crippen molar-refractivity contribution >= 4 is 12.1 Å². The fraction of sp³-hybridized carbons (Fsp3) is 0.421. The molecule has 2 aromatic rings. The molecule has 26 heavy (non-hydrogen) atoms. The predicted octanol–water partition coefficient (Wildman–Crippen LogP) is 3.01. The highest BCUT2D eigenvalue weighted by molar-refractivity contribution is 5.81. The van der Waals surface area contributed by atoms with Crippen LogP contribution in [0.15, 0.2) is 42.9 Å². The van der Waals surface area contributed by atoms with Gasteiger partial charge in [0.2, 0.25) is 0 Å². The highest BCUT2D eigenvalue weighted by atomic mass is 16.6. The van der Waals surface area contributed by atoms with Gasteiger partial charge in [0.05, 0.1) is 25.2 Å². The van der Waals surface area contributed by atoms with Crippen LogP contribution in [0.2, 0.25) is 0 Å². The smallest absolute Gasteiger partial charge is 0.408 e. The molecular weight excluding hydrogens is 334 g/mol. The van der Waals surface area contributed by atoms with Crippen LogP contribution in [0.3, 0.4) is 0 Å². The number of amides is 1. The van der Waals surface area contributed by atoms with Crippen LogP contribution in [0, 0.1) is 0 Å². The Labute approximate surface area is 153 Å². The molecule has 140 valence electrons. The quantitative estimate of drug-likeness (QED) is 0.802. The first-order chi connectivity index (χ1) is 12.3. The van der Waals surface area contributed by atoms with E-state index in [9.17, 15) is 9.59 Å². The number of imidazole rings is 1. The second kappa shape index (κ2) is 8.51. The largest absolute Gasteiger partial charge is 0.464 e. The molecule has 7 nitrogen and oxygen atoms in total. The van der Waals surface area contributed by atoms with Gasteiger partial charge in [0.25, 0.3) is 0 Å². The van der Waals surface area contributed by atoms with Crippen molar-refractivity contribution < 1.29 is 19.1 Å². The molecule has 0 fully saturated rings. The monoisotopic (exact) mass is 359 g/mol. The third-order valence-corrected chi connectivity index (χ3v) is 3.36. The minimum Gasteiger partial charge on any atom is -0.464 e. The van der Waals surface area contributed by atoms with E-state index in [0.29, 0.717) is 0 Å². The van der Waals surface area contributed by atoms with Crippen LogP contribution in [0.4, 0.5) is 4.79 Å². The van der Waals surface area contributed by atoms with E-state index < -0.39 is 23.7 Å². The average Bonchev–Trinajstić information content (AvgIpc) is 3.02. The lowest BCUT2D eigenvalue weighted by atomic mass is 10.2. The Morgan fingerprint density at radius 1 is 1.23 bits per heavy atom. The summed E-state index contributed by atoms with van der Waals surface area (Å²) in [6.07, 6.45) is 2.77. The molecule has 0 aliphatic carbocycles. The van der Waals surface area contributed by atoms with Crippen molar-refractivity contribution in [1.82, 2.24) is 14.9 Å². The van der Waals surface area contributed by atoms with Crippen molar-refractivity contribution in [3.63, 3.8) is 0 Å². The van der Waals surface area contributed by atoms with E-state index in [0.717, 1.165) is 11.3 Å². The molecular formula is C19H25N3O4. The van der Waals surface area contributed by atoms with E-state index in [1.807, 2.05) is 36.5 Å². The molecule has 1 N–H and O–H groups in total. The summed E-state index contributed by atoms with van der Waals surface area (Å²) in [6.45, 7) is 7.41. The summed E-state index contributed by atoms with van der Waals surface area (Å²) in [7, 11) is 0. The molecule has 1 atom stereocenters. The van der Waals surface area contributed by atoms with Gasteiger partial charge in [-0.15, -0.1) is 0 Å². The van der Waals surface area contributed by atoms with Gasteiger partial charge in [-0.1, -0.05) is 30.3 Å². The topological polar surface area (TPSA) is 82.5 Å². The van der Waals surface area contributed by atoms with Crippen LogP contribution in [-0.4, -0.2) is 39.9 Å². The predicted molar refractivity (Wildman–Crippen MR) is 97.5 cm³/mol. The van der Waals surface area contributed by atoms with Crippen molar-refractivity contribution in [3.05, 3.63) is 42.9 Å². The molecule has 0 aliphatic rings. The molecule has 1 aromatic carbocycles. The first-order valence-electron chi connectivity index (χ1n) is 8.52. The maximum atomic E-state index is 12.2. The van der Waals surface area contributed by atoms with Gasteiger partial charge in [0.15, 0.2) is 0 Å². The van der Waals surface area contributed by atoms with Gasteiger partial charge in [-0.25, -0.2) is 14.6 Å². The fourth-order valence-electron chi connectivity index (χ4n) is 2.30. The number of nitrogens with one attached hydrogen (secondary N) is 1. The van der Waals surface area contributed by atoms with Crippen LogP contribution in [0.5, 0.6) is 0 Å². The van der Waals surface area contributed by atoms with E-state index in [-0.39, 0.29) is 13.2 Å². The number of esters is 1. The van der Waals surface area contributed by atoms with E-state index in [2.05, 4.69) is 10.3 Å². The van der Waals surface area contributed by atoms with Crippen molar-refractivity contribution in [1.29, 1.82) is 0 Å². The molecule has 0 saturated heterocycles. The Hall–Kier alpha value is -2.83. The van der Waals surface area contributed by atoms with Crippen LogP contribution >= 0.6 is 0 Å². The average molecular weight is 359 g/mol. The minimum atomic E-state index is -0.873. The fourth-order valence-corrected chi connectivity index (χ4v) is 2.30. The number of carbonyl (C=O) groups is 2. The number of hydrogen-bond acceptors (Lipinski definition) is 5. The highest BCUT2D eigenvalue weighted by Crippen LogP contribution is 2.16. The molecule has 1 heterocycles. The maximum absolute atomic E-state index is 12.2. The summed E-state index contributed by atoms with van der Waals surface area (Å²) in [5.41, 5.74) is 1.10. The van der Waals surface area contributed by atoms with E-state index in [1.165, 1.54) is 0 Å². The first-order valence-corrected chi connectivity index (χ1v) is 8.52. The summed E-state index contributed by atoms with van der Waals surface area (Å²) in [5, 5.41) is 2.57. The Morgan fingerprint density at radius 2 is 1.92 bits per heavy atom. The van der Waals surface area contributed by atoms with Crippen LogP contribution in [-0.2, 0) is 20.8 Å². The summed E-state index contributed by atoms with van der Waals surface area (Å²) in [5.74, 6) is -0.520. The number of rotatable bonds is 6. The zero-order chi connectivity index (χ0) is 19.2. The molecule has 0 aliphatic heterocycles. The highest BCUT2D eigenvalue weighted by Gasteiger charge is 2.26. The summed E-state index contributed by atoms with van der Waals surface area (Å²) >= 11 is 0.